The molecule has 3 heteroatoms. The molecule has 21 heavy (non-hydrogen) atoms. The fourth-order valence-corrected chi connectivity index (χ4v) is 3.24. The molecule has 1 amide bonds. The van der Waals surface area contributed by atoms with Crippen molar-refractivity contribution in [1.29, 1.82) is 0 Å². The van der Waals surface area contributed by atoms with E-state index in [1.54, 1.807) is 0 Å². The molecular weight excluding hydrogens is 260 g/mol. The van der Waals surface area contributed by atoms with Crippen LogP contribution in [0.1, 0.15) is 50.2 Å². The lowest BCUT2D eigenvalue weighted by atomic mass is 9.95. The molecule has 0 spiro atoms. The van der Waals surface area contributed by atoms with E-state index in [1.807, 2.05) is 4.90 Å². The molecule has 3 nitrogen and oxygen atoms in total. The molecule has 1 heterocycles. The molecule has 1 unspecified atom stereocenters. The molecule has 1 aromatic carbocycles. The molecule has 1 atom stereocenters. The molecule has 0 aliphatic carbocycles. The van der Waals surface area contributed by atoms with Crippen LogP contribution in [0.25, 0.3) is 0 Å². The van der Waals surface area contributed by atoms with Crippen LogP contribution in [0.4, 0.5) is 5.69 Å². The lowest BCUT2D eigenvalue weighted by molar-refractivity contribution is -0.119. The number of carbonyl (C=O) groups excluding carboxylic acids is 1. The van der Waals surface area contributed by atoms with Crippen molar-refractivity contribution in [2.45, 2.75) is 52.4 Å². The Hall–Kier alpha value is -1.35. The number of hydrogen-bond acceptors (Lipinski definition) is 2. The van der Waals surface area contributed by atoms with Crippen molar-refractivity contribution in [2.24, 2.45) is 11.7 Å². The molecule has 0 fully saturated rings. The lowest BCUT2D eigenvalue weighted by Crippen LogP contribution is -2.35. The predicted molar refractivity (Wildman–Crippen MR) is 88.5 cm³/mol. The molecule has 0 aromatic heterocycles. The van der Waals surface area contributed by atoms with Gasteiger partial charge in [0.05, 0.1) is 0 Å². The van der Waals surface area contributed by atoms with Crippen LogP contribution in [-0.2, 0) is 11.2 Å². The number of benzene rings is 1. The fourth-order valence-electron chi connectivity index (χ4n) is 3.24. The number of amides is 1. The Morgan fingerprint density at radius 3 is 2.90 bits per heavy atom. The van der Waals surface area contributed by atoms with E-state index in [4.69, 9.17) is 5.73 Å². The molecule has 116 valence electrons. The van der Waals surface area contributed by atoms with Crippen LogP contribution in [0.15, 0.2) is 18.2 Å². The Morgan fingerprint density at radius 1 is 1.38 bits per heavy atom. The number of nitrogens with two attached hydrogens (primary N) is 1. The van der Waals surface area contributed by atoms with E-state index in [0.29, 0.717) is 12.3 Å². The van der Waals surface area contributed by atoms with Gasteiger partial charge in [0.15, 0.2) is 0 Å². The smallest absolute Gasteiger partial charge is 0.226 e. The monoisotopic (exact) mass is 288 g/mol. The Morgan fingerprint density at radius 2 is 2.19 bits per heavy atom. The third-order valence-corrected chi connectivity index (χ3v) is 4.57. The summed E-state index contributed by atoms with van der Waals surface area (Å²) < 4.78 is 0. The first kappa shape index (κ1) is 16.0. The van der Waals surface area contributed by atoms with E-state index >= 15 is 0 Å². The van der Waals surface area contributed by atoms with Crippen LogP contribution in [-0.4, -0.2) is 19.0 Å². The lowest BCUT2D eigenvalue weighted by Gasteiger charge is -2.30. The molecule has 0 radical (unpaired) electrons. The summed E-state index contributed by atoms with van der Waals surface area (Å²) in [5, 5.41) is 0. The zero-order valence-corrected chi connectivity index (χ0v) is 13.4. The van der Waals surface area contributed by atoms with Gasteiger partial charge in [-0.05, 0) is 56.7 Å². The summed E-state index contributed by atoms with van der Waals surface area (Å²) >= 11 is 0. The summed E-state index contributed by atoms with van der Waals surface area (Å²) in [4.78, 5) is 14.6. The van der Waals surface area contributed by atoms with Crippen LogP contribution in [0, 0.1) is 12.8 Å². The molecule has 0 bridgehead atoms. The maximum Gasteiger partial charge on any atom is 0.226 e. The van der Waals surface area contributed by atoms with E-state index in [2.05, 4.69) is 32.0 Å². The molecule has 1 aromatic rings. The highest BCUT2D eigenvalue weighted by Crippen LogP contribution is 2.29. The quantitative estimate of drug-likeness (QED) is 0.871. The van der Waals surface area contributed by atoms with E-state index in [-0.39, 0.29) is 5.91 Å². The molecular formula is C18H28N2O. The van der Waals surface area contributed by atoms with Crippen LogP contribution in [0.3, 0.4) is 0 Å². The van der Waals surface area contributed by atoms with E-state index < -0.39 is 0 Å². The standard InChI is InChI=1S/C18H28N2O/c1-3-15(10-11-19)7-9-18(21)20-12-4-5-16-13-14(2)6-8-17(16)20/h6,8,13,15H,3-5,7,9-12,19H2,1-2H3. The minimum absolute atomic E-state index is 0.273. The van der Waals surface area contributed by atoms with Gasteiger partial charge in [-0.25, -0.2) is 0 Å². The Bertz CT molecular complexity index is 484. The van der Waals surface area contributed by atoms with Gasteiger partial charge in [-0.15, -0.1) is 0 Å². The molecule has 1 aliphatic rings. The third kappa shape index (κ3) is 4.07. The topological polar surface area (TPSA) is 46.3 Å². The van der Waals surface area contributed by atoms with E-state index in [0.717, 1.165) is 50.9 Å². The molecule has 2 N–H and O–H groups in total. The maximum atomic E-state index is 12.6. The SMILES string of the molecule is CCC(CCN)CCC(=O)N1CCCc2cc(C)ccc21. The predicted octanol–water partition coefficient (Wildman–Crippen LogP) is 3.43. The normalized spacial score (nSPS) is 15.7. The second kappa shape index (κ2) is 7.60. The molecule has 2 rings (SSSR count). The summed E-state index contributed by atoms with van der Waals surface area (Å²) in [5.41, 5.74) is 9.36. The number of nitrogens with zero attached hydrogens (tertiary/aromatic N) is 1. The number of rotatable bonds is 6. The minimum Gasteiger partial charge on any atom is -0.330 e. The van der Waals surface area contributed by atoms with Crippen molar-refractivity contribution in [3.8, 4) is 0 Å². The second-order valence-electron chi connectivity index (χ2n) is 6.17. The number of fused-ring (bicyclic) bond motifs is 1. The first-order valence-corrected chi connectivity index (χ1v) is 8.25. The zero-order chi connectivity index (χ0) is 15.2. The Labute approximate surface area is 128 Å². The minimum atomic E-state index is 0.273. The largest absolute Gasteiger partial charge is 0.330 e. The molecule has 0 saturated heterocycles. The number of aryl methyl sites for hydroxylation is 2. The first-order chi connectivity index (χ1) is 10.2. The molecule has 0 saturated carbocycles. The van der Waals surface area contributed by atoms with Gasteiger partial charge in [-0.1, -0.05) is 31.0 Å². The van der Waals surface area contributed by atoms with Gasteiger partial charge in [0.1, 0.15) is 0 Å². The summed E-state index contributed by atoms with van der Waals surface area (Å²) in [6.45, 7) is 5.88. The summed E-state index contributed by atoms with van der Waals surface area (Å²) in [6.07, 6.45) is 5.91. The van der Waals surface area contributed by atoms with Gasteiger partial charge in [-0.3, -0.25) is 4.79 Å². The van der Waals surface area contributed by atoms with Crippen LogP contribution < -0.4 is 10.6 Å². The van der Waals surface area contributed by atoms with Crippen molar-refractivity contribution < 1.29 is 4.79 Å². The van der Waals surface area contributed by atoms with Crippen molar-refractivity contribution in [2.75, 3.05) is 18.0 Å². The highest BCUT2D eigenvalue weighted by Gasteiger charge is 2.22. The van der Waals surface area contributed by atoms with E-state index in [9.17, 15) is 4.79 Å². The van der Waals surface area contributed by atoms with Crippen molar-refractivity contribution >= 4 is 11.6 Å². The highest BCUT2D eigenvalue weighted by molar-refractivity contribution is 5.94. The zero-order valence-electron chi connectivity index (χ0n) is 13.4. The number of carbonyl (C=O) groups is 1. The third-order valence-electron chi connectivity index (χ3n) is 4.57. The molecule has 1 aliphatic heterocycles. The van der Waals surface area contributed by atoms with Gasteiger partial charge in [-0.2, -0.15) is 0 Å². The van der Waals surface area contributed by atoms with Gasteiger partial charge in [0.2, 0.25) is 5.91 Å². The van der Waals surface area contributed by atoms with E-state index in [1.165, 1.54) is 11.1 Å². The van der Waals surface area contributed by atoms with Crippen LogP contribution >= 0.6 is 0 Å². The summed E-state index contributed by atoms with van der Waals surface area (Å²) in [5.74, 6) is 0.858. The maximum absolute atomic E-state index is 12.6. The average molecular weight is 288 g/mol. The highest BCUT2D eigenvalue weighted by atomic mass is 16.2. The van der Waals surface area contributed by atoms with Crippen LogP contribution in [0.5, 0.6) is 0 Å². The fraction of sp³-hybridized carbons (Fsp3) is 0.611. The van der Waals surface area contributed by atoms with Gasteiger partial charge < -0.3 is 10.6 Å². The first-order valence-electron chi connectivity index (χ1n) is 8.25. The van der Waals surface area contributed by atoms with Gasteiger partial charge >= 0.3 is 0 Å². The second-order valence-corrected chi connectivity index (χ2v) is 6.17. The summed E-state index contributed by atoms with van der Waals surface area (Å²) in [6, 6.07) is 6.44. The summed E-state index contributed by atoms with van der Waals surface area (Å²) in [7, 11) is 0. The van der Waals surface area contributed by atoms with Crippen molar-refractivity contribution in [3.05, 3.63) is 29.3 Å². The number of anilines is 1. The number of hydrogen-bond donors (Lipinski definition) is 1. The average Bonchev–Trinajstić information content (AvgIpc) is 2.50. The Balaban J connectivity index is 2.01. The van der Waals surface area contributed by atoms with Gasteiger partial charge in [0, 0.05) is 18.7 Å². The van der Waals surface area contributed by atoms with Crippen molar-refractivity contribution in [1.82, 2.24) is 0 Å². The van der Waals surface area contributed by atoms with Crippen LogP contribution in [0.2, 0.25) is 0 Å². The Kier molecular flexibility index (Phi) is 5.80. The van der Waals surface area contributed by atoms with Gasteiger partial charge in [0.25, 0.3) is 0 Å². The van der Waals surface area contributed by atoms with Crippen molar-refractivity contribution in [3.63, 3.8) is 0 Å².